The van der Waals surface area contributed by atoms with Crippen LogP contribution in [0.25, 0.3) is 11.1 Å². The van der Waals surface area contributed by atoms with Gasteiger partial charge in [0.1, 0.15) is 12.2 Å². The topological polar surface area (TPSA) is 72.8 Å². The van der Waals surface area contributed by atoms with Gasteiger partial charge in [0.05, 0.1) is 13.0 Å². The number of ether oxygens (including phenoxy) is 2. The van der Waals surface area contributed by atoms with Crippen LogP contribution in [0.3, 0.4) is 0 Å². The second-order valence-electron chi connectivity index (χ2n) is 7.22. The predicted octanol–water partition coefficient (Wildman–Crippen LogP) is 3.68. The number of carbonyl (C=O) groups excluding carboxylic acids is 2. The monoisotopic (exact) mass is 370 g/mol. The third kappa shape index (κ3) is 5.66. The van der Waals surface area contributed by atoms with Crippen LogP contribution in [0.2, 0.25) is 0 Å². The van der Waals surface area contributed by atoms with Crippen LogP contribution in [-0.2, 0) is 19.1 Å². The van der Waals surface area contributed by atoms with Gasteiger partial charge in [0.2, 0.25) is 0 Å². The van der Waals surface area contributed by atoms with Crippen molar-refractivity contribution in [2.24, 2.45) is 0 Å². The number of hydrogen-bond donors (Lipinski definition) is 1. The summed E-state index contributed by atoms with van der Waals surface area (Å²) in [5.74, 6) is -0.178. The van der Waals surface area contributed by atoms with Gasteiger partial charge in [0.25, 0.3) is 6.47 Å². The summed E-state index contributed by atoms with van der Waals surface area (Å²) in [5.41, 5.74) is 4.56. The molecule has 0 radical (unpaired) electrons. The Bertz CT molecular complexity index is 731. The molecule has 0 heterocycles. The molecule has 0 amide bonds. The van der Waals surface area contributed by atoms with Crippen molar-refractivity contribution in [2.45, 2.75) is 38.7 Å². The molecule has 5 nitrogen and oxygen atoms in total. The van der Waals surface area contributed by atoms with Gasteiger partial charge in [-0.2, -0.15) is 0 Å². The molecule has 0 atom stereocenters. The molecule has 1 aliphatic rings. The fourth-order valence-electron chi connectivity index (χ4n) is 3.06. The zero-order valence-corrected chi connectivity index (χ0v) is 16.0. The van der Waals surface area contributed by atoms with Gasteiger partial charge in [-0.1, -0.05) is 48.5 Å². The number of aliphatic hydroxyl groups is 1. The molecule has 1 N–H and O–H groups in total. The second-order valence-corrected chi connectivity index (χ2v) is 7.22. The zero-order valence-electron chi connectivity index (χ0n) is 16.0. The van der Waals surface area contributed by atoms with Gasteiger partial charge >= 0.3 is 5.97 Å². The number of fused-ring (bicyclic) bond motifs is 3. The molecule has 0 bridgehead atoms. The average molecular weight is 370 g/mol. The summed E-state index contributed by atoms with van der Waals surface area (Å²) in [6, 6.07) is 16.6. The van der Waals surface area contributed by atoms with Crippen LogP contribution in [0, 0.1) is 0 Å². The van der Waals surface area contributed by atoms with Crippen LogP contribution >= 0.6 is 0 Å². The van der Waals surface area contributed by atoms with E-state index in [9.17, 15) is 9.59 Å². The van der Waals surface area contributed by atoms with E-state index in [4.69, 9.17) is 14.6 Å². The second kappa shape index (κ2) is 9.33. The van der Waals surface area contributed by atoms with Crippen molar-refractivity contribution in [1.29, 1.82) is 0 Å². The first-order valence-corrected chi connectivity index (χ1v) is 8.93. The van der Waals surface area contributed by atoms with Crippen LogP contribution in [0.15, 0.2) is 48.5 Å². The van der Waals surface area contributed by atoms with Crippen molar-refractivity contribution in [2.75, 3.05) is 13.2 Å². The van der Waals surface area contributed by atoms with E-state index < -0.39 is 5.60 Å². The van der Waals surface area contributed by atoms with E-state index in [1.165, 1.54) is 22.3 Å². The molecule has 1 aliphatic carbocycles. The summed E-state index contributed by atoms with van der Waals surface area (Å²) in [6.45, 7) is 6.17. The van der Waals surface area contributed by atoms with Crippen LogP contribution in [-0.4, -0.2) is 36.4 Å². The highest BCUT2D eigenvalue weighted by molar-refractivity contribution is 5.78. The van der Waals surface area contributed by atoms with E-state index in [0.29, 0.717) is 13.1 Å². The highest BCUT2D eigenvalue weighted by Crippen LogP contribution is 2.44. The highest BCUT2D eigenvalue weighted by atomic mass is 16.6. The van der Waals surface area contributed by atoms with Gasteiger partial charge in [-0.15, -0.1) is 0 Å². The molecule has 3 rings (SSSR count). The Morgan fingerprint density at radius 3 is 2.00 bits per heavy atom. The lowest BCUT2D eigenvalue weighted by molar-refractivity contribution is -0.155. The van der Waals surface area contributed by atoms with Crippen LogP contribution < -0.4 is 0 Å². The summed E-state index contributed by atoms with van der Waals surface area (Å²) in [7, 11) is 0. The third-order valence-corrected chi connectivity index (χ3v) is 4.03. The minimum Gasteiger partial charge on any atom is -0.467 e. The van der Waals surface area contributed by atoms with Gasteiger partial charge in [0.15, 0.2) is 0 Å². The van der Waals surface area contributed by atoms with Crippen molar-refractivity contribution < 1.29 is 24.2 Å². The van der Waals surface area contributed by atoms with Crippen LogP contribution in [0.4, 0.5) is 0 Å². The quantitative estimate of drug-likeness (QED) is 0.642. The lowest BCUT2D eigenvalue weighted by Gasteiger charge is -2.18. The van der Waals surface area contributed by atoms with E-state index in [1.54, 1.807) is 20.8 Å². The summed E-state index contributed by atoms with van der Waals surface area (Å²) in [4.78, 5) is 21.0. The first kappa shape index (κ1) is 20.6. The van der Waals surface area contributed by atoms with Crippen LogP contribution in [0.1, 0.15) is 44.2 Å². The molecule has 0 unspecified atom stereocenters. The van der Waals surface area contributed by atoms with E-state index in [-0.39, 0.29) is 24.9 Å². The van der Waals surface area contributed by atoms with Crippen molar-refractivity contribution in [1.82, 2.24) is 0 Å². The summed E-state index contributed by atoms with van der Waals surface area (Å²) in [5, 5.41) is 8.33. The normalized spacial score (nSPS) is 12.3. The highest BCUT2D eigenvalue weighted by Gasteiger charge is 2.28. The lowest BCUT2D eigenvalue weighted by Crippen LogP contribution is -2.24. The number of esters is 1. The number of benzene rings is 2. The van der Waals surface area contributed by atoms with E-state index in [2.05, 4.69) is 24.3 Å². The molecular weight excluding hydrogens is 344 g/mol. The van der Waals surface area contributed by atoms with Gasteiger partial charge in [-0.25, -0.2) is 0 Å². The first-order chi connectivity index (χ1) is 12.9. The predicted molar refractivity (Wildman–Crippen MR) is 103 cm³/mol. The Hall–Kier alpha value is -2.66. The number of carbonyl (C=O) groups is 2. The fraction of sp³-hybridized carbons (Fsp3) is 0.364. The average Bonchev–Trinajstić information content (AvgIpc) is 2.93. The molecule has 0 fully saturated rings. The van der Waals surface area contributed by atoms with Gasteiger partial charge in [0, 0.05) is 5.92 Å². The Labute approximate surface area is 159 Å². The maximum atomic E-state index is 10.7. The molecular formula is C22H26O5. The van der Waals surface area contributed by atoms with E-state index in [0.717, 1.165) is 0 Å². The number of hydrogen-bond acceptors (Lipinski definition) is 5. The van der Waals surface area contributed by atoms with Crippen LogP contribution in [0.5, 0.6) is 0 Å². The molecule has 2 aromatic rings. The lowest BCUT2D eigenvalue weighted by atomic mass is 9.98. The van der Waals surface area contributed by atoms with Gasteiger partial charge in [-0.05, 0) is 43.0 Å². The smallest absolute Gasteiger partial charge is 0.308 e. The Kier molecular flexibility index (Phi) is 7.13. The van der Waals surface area contributed by atoms with Crippen molar-refractivity contribution >= 4 is 12.4 Å². The molecule has 2 aromatic carbocycles. The summed E-state index contributed by atoms with van der Waals surface area (Å²) >= 11 is 0. The SMILES string of the molecule is CC(C)(C)OC(=O)CCO.O=COCC1c2ccccc2-c2ccccc21. The minimum atomic E-state index is -0.438. The number of rotatable bonds is 5. The molecule has 0 aromatic heterocycles. The van der Waals surface area contributed by atoms with E-state index in [1.807, 2.05) is 24.3 Å². The van der Waals surface area contributed by atoms with E-state index >= 15 is 0 Å². The largest absolute Gasteiger partial charge is 0.467 e. The van der Waals surface area contributed by atoms with Gasteiger partial charge in [-0.3, -0.25) is 9.59 Å². The molecule has 27 heavy (non-hydrogen) atoms. The maximum absolute atomic E-state index is 10.7. The Morgan fingerprint density at radius 1 is 1.04 bits per heavy atom. The Balaban J connectivity index is 0.000000227. The standard InChI is InChI=1S/C15H12O2.C7H14O3/c16-10-17-9-15-13-7-3-1-5-11(13)12-6-2-4-8-14(12)15;1-7(2,3)10-6(9)4-5-8/h1-8,10,15H,9H2;8H,4-5H2,1-3H3. The Morgan fingerprint density at radius 2 is 1.56 bits per heavy atom. The van der Waals surface area contributed by atoms with Crippen molar-refractivity contribution in [3.05, 3.63) is 59.7 Å². The number of aliphatic hydroxyl groups excluding tert-OH is 1. The summed E-state index contributed by atoms with van der Waals surface area (Å²) in [6.07, 6.45) is 0.0806. The molecule has 0 saturated carbocycles. The third-order valence-electron chi connectivity index (χ3n) is 4.03. The van der Waals surface area contributed by atoms with Crippen molar-refractivity contribution in [3.63, 3.8) is 0 Å². The molecule has 0 aliphatic heterocycles. The maximum Gasteiger partial charge on any atom is 0.308 e. The zero-order chi connectivity index (χ0) is 19.9. The van der Waals surface area contributed by atoms with Crippen molar-refractivity contribution in [3.8, 4) is 11.1 Å². The summed E-state index contributed by atoms with van der Waals surface area (Å²) < 4.78 is 9.83. The molecule has 0 spiro atoms. The molecule has 144 valence electrons. The minimum absolute atomic E-state index is 0.0806. The molecule has 0 saturated heterocycles. The first-order valence-electron chi connectivity index (χ1n) is 8.93. The molecule has 5 heteroatoms. The fourth-order valence-corrected chi connectivity index (χ4v) is 3.06. The van der Waals surface area contributed by atoms with Gasteiger partial charge < -0.3 is 14.6 Å².